The van der Waals surface area contributed by atoms with Crippen molar-refractivity contribution in [1.29, 1.82) is 0 Å². The fraction of sp³-hybridized carbons (Fsp3) is 0.464. The second-order valence-corrected chi connectivity index (χ2v) is 9.51. The lowest BCUT2D eigenvalue weighted by Gasteiger charge is -2.32. The molecule has 0 radical (unpaired) electrons. The summed E-state index contributed by atoms with van der Waals surface area (Å²) in [6.45, 7) is 2.21. The Morgan fingerprint density at radius 1 is 1.08 bits per heavy atom. The molecule has 2 aromatic carbocycles. The number of ether oxygens (including phenoxy) is 2. The average molecular weight is 521 g/mol. The predicted molar refractivity (Wildman–Crippen MR) is 142 cm³/mol. The molecular formula is C28H36N6O4. The molecule has 1 atom stereocenters. The number of benzene rings is 2. The number of nitrogens with one attached hydrogen (secondary N) is 1. The molecule has 38 heavy (non-hydrogen) atoms. The van der Waals surface area contributed by atoms with Crippen LogP contribution in [-0.4, -0.2) is 63.2 Å². The fourth-order valence-corrected chi connectivity index (χ4v) is 4.83. The summed E-state index contributed by atoms with van der Waals surface area (Å²) in [4.78, 5) is 30.0. The van der Waals surface area contributed by atoms with Crippen LogP contribution in [0.2, 0.25) is 0 Å². The zero-order valence-electron chi connectivity index (χ0n) is 22.3. The first-order valence-electron chi connectivity index (χ1n) is 13.2. The SMILES string of the molecule is CCC[C@H](C(=O)NC1CCCC1)N(Cc1ccccc1)C(=O)Cn1nnc(-c2ccc(OC)c(OC)c2)n1. The Morgan fingerprint density at radius 2 is 1.82 bits per heavy atom. The molecule has 0 bridgehead atoms. The smallest absolute Gasteiger partial charge is 0.247 e. The molecule has 202 valence electrons. The van der Waals surface area contributed by atoms with Crippen molar-refractivity contribution in [2.45, 2.75) is 70.6 Å². The van der Waals surface area contributed by atoms with Gasteiger partial charge in [0.2, 0.25) is 17.6 Å². The zero-order valence-corrected chi connectivity index (χ0v) is 22.3. The molecule has 4 rings (SSSR count). The van der Waals surface area contributed by atoms with Crippen LogP contribution in [0.5, 0.6) is 11.5 Å². The highest BCUT2D eigenvalue weighted by Crippen LogP contribution is 2.30. The molecule has 1 saturated carbocycles. The third kappa shape index (κ3) is 6.67. The minimum atomic E-state index is -0.581. The van der Waals surface area contributed by atoms with Crippen LogP contribution in [0.15, 0.2) is 48.5 Å². The van der Waals surface area contributed by atoms with Gasteiger partial charge >= 0.3 is 0 Å². The summed E-state index contributed by atoms with van der Waals surface area (Å²) >= 11 is 0. The number of carbonyl (C=O) groups excluding carboxylic acids is 2. The molecule has 1 heterocycles. The fourth-order valence-electron chi connectivity index (χ4n) is 4.83. The van der Waals surface area contributed by atoms with Crippen molar-refractivity contribution < 1.29 is 19.1 Å². The molecule has 10 nitrogen and oxygen atoms in total. The van der Waals surface area contributed by atoms with Crippen molar-refractivity contribution in [2.24, 2.45) is 0 Å². The largest absolute Gasteiger partial charge is 0.493 e. The Morgan fingerprint density at radius 3 is 2.50 bits per heavy atom. The summed E-state index contributed by atoms with van der Waals surface area (Å²) in [6.07, 6.45) is 5.55. The monoisotopic (exact) mass is 520 g/mol. The highest BCUT2D eigenvalue weighted by Gasteiger charge is 2.31. The molecule has 0 spiro atoms. The maximum atomic E-state index is 13.7. The van der Waals surface area contributed by atoms with Crippen LogP contribution in [0.1, 0.15) is 51.0 Å². The molecule has 1 aliphatic carbocycles. The topological polar surface area (TPSA) is 111 Å². The van der Waals surface area contributed by atoms with Gasteiger partial charge in [0.1, 0.15) is 12.6 Å². The summed E-state index contributed by atoms with van der Waals surface area (Å²) in [5, 5.41) is 15.9. The lowest BCUT2D eigenvalue weighted by molar-refractivity contribution is -0.142. The highest BCUT2D eigenvalue weighted by molar-refractivity contribution is 5.87. The van der Waals surface area contributed by atoms with Gasteiger partial charge in [0.05, 0.1) is 14.2 Å². The van der Waals surface area contributed by atoms with E-state index in [0.717, 1.165) is 37.7 Å². The lowest BCUT2D eigenvalue weighted by atomic mass is 10.1. The second-order valence-electron chi connectivity index (χ2n) is 9.51. The van der Waals surface area contributed by atoms with Gasteiger partial charge < -0.3 is 19.7 Å². The molecule has 10 heteroatoms. The number of aromatic nitrogens is 4. The maximum absolute atomic E-state index is 13.7. The number of methoxy groups -OCH3 is 2. The average Bonchev–Trinajstić information content (AvgIpc) is 3.63. The van der Waals surface area contributed by atoms with Crippen LogP contribution in [0.25, 0.3) is 11.4 Å². The molecule has 1 aromatic heterocycles. The van der Waals surface area contributed by atoms with Crippen LogP contribution in [0.3, 0.4) is 0 Å². The van der Waals surface area contributed by atoms with E-state index >= 15 is 0 Å². The van der Waals surface area contributed by atoms with Crippen LogP contribution < -0.4 is 14.8 Å². The van der Waals surface area contributed by atoms with Gasteiger partial charge in [0, 0.05) is 18.2 Å². The third-order valence-corrected chi connectivity index (χ3v) is 6.83. The van der Waals surface area contributed by atoms with Crippen LogP contribution in [0, 0.1) is 0 Å². The van der Waals surface area contributed by atoms with Gasteiger partial charge in [0.25, 0.3) is 0 Å². The number of hydrogen-bond acceptors (Lipinski definition) is 7. The molecule has 2 amide bonds. The van der Waals surface area contributed by atoms with Crippen LogP contribution >= 0.6 is 0 Å². The molecule has 0 unspecified atom stereocenters. The Bertz CT molecular complexity index is 1210. The van der Waals surface area contributed by atoms with Gasteiger partial charge in [-0.1, -0.05) is 56.5 Å². The number of rotatable bonds is 12. The minimum absolute atomic E-state index is 0.0967. The summed E-state index contributed by atoms with van der Waals surface area (Å²) in [5.41, 5.74) is 1.63. The predicted octanol–water partition coefficient (Wildman–Crippen LogP) is 3.61. The number of tetrazole rings is 1. The van der Waals surface area contributed by atoms with Gasteiger partial charge in [-0.25, -0.2) is 0 Å². The van der Waals surface area contributed by atoms with Crippen LogP contribution in [-0.2, 0) is 22.7 Å². The van der Waals surface area contributed by atoms with E-state index in [0.29, 0.717) is 35.9 Å². The summed E-state index contributed by atoms with van der Waals surface area (Å²) in [6, 6.07) is 14.6. The number of carbonyl (C=O) groups is 2. The van der Waals surface area contributed by atoms with E-state index in [1.165, 1.54) is 4.80 Å². The summed E-state index contributed by atoms with van der Waals surface area (Å²) < 4.78 is 10.7. The lowest BCUT2D eigenvalue weighted by Crippen LogP contribution is -2.52. The van der Waals surface area contributed by atoms with Gasteiger partial charge in [-0.15, -0.1) is 10.2 Å². The van der Waals surface area contributed by atoms with Crippen molar-refractivity contribution in [3.05, 3.63) is 54.1 Å². The van der Waals surface area contributed by atoms with E-state index in [1.54, 1.807) is 37.3 Å². The Kier molecular flexibility index (Phi) is 9.29. The van der Waals surface area contributed by atoms with Crippen molar-refractivity contribution in [3.8, 4) is 22.9 Å². The van der Waals surface area contributed by atoms with Gasteiger partial charge in [-0.2, -0.15) is 4.80 Å². The zero-order chi connectivity index (χ0) is 26.9. The molecule has 0 saturated heterocycles. The van der Waals surface area contributed by atoms with E-state index in [-0.39, 0.29) is 24.4 Å². The Hall–Kier alpha value is -3.95. The van der Waals surface area contributed by atoms with E-state index in [9.17, 15) is 9.59 Å². The molecule has 1 aliphatic rings. The van der Waals surface area contributed by atoms with Crippen molar-refractivity contribution >= 4 is 11.8 Å². The number of amides is 2. The Balaban J connectivity index is 1.55. The Labute approximate surface area is 223 Å². The molecule has 1 N–H and O–H groups in total. The molecule has 3 aromatic rings. The normalized spacial score (nSPS) is 14.2. The first-order valence-corrected chi connectivity index (χ1v) is 13.2. The number of hydrogen-bond donors (Lipinski definition) is 1. The molecule has 1 fully saturated rings. The summed E-state index contributed by atoms with van der Waals surface area (Å²) in [5.74, 6) is 1.15. The minimum Gasteiger partial charge on any atom is -0.493 e. The standard InChI is InChI=1S/C28H36N6O4/c1-4-10-23(28(36)29-22-13-8-9-14-22)33(18-20-11-6-5-7-12-20)26(35)19-34-31-27(30-32-34)21-15-16-24(37-2)25(17-21)38-3/h5-7,11-12,15-17,22-23H,4,8-10,13-14,18-19H2,1-3H3,(H,29,36)/t23-/m1/s1. The van der Waals surface area contributed by atoms with Gasteiger partial charge in [-0.3, -0.25) is 9.59 Å². The molecule has 0 aliphatic heterocycles. The van der Waals surface area contributed by atoms with E-state index in [4.69, 9.17) is 9.47 Å². The highest BCUT2D eigenvalue weighted by atomic mass is 16.5. The van der Waals surface area contributed by atoms with E-state index < -0.39 is 6.04 Å². The second kappa shape index (κ2) is 13.0. The van der Waals surface area contributed by atoms with Crippen molar-refractivity contribution in [2.75, 3.05) is 14.2 Å². The number of nitrogens with zero attached hydrogens (tertiary/aromatic N) is 5. The van der Waals surface area contributed by atoms with Gasteiger partial charge in [0.15, 0.2) is 11.5 Å². The molecular weight excluding hydrogens is 484 g/mol. The van der Waals surface area contributed by atoms with Gasteiger partial charge in [-0.05, 0) is 48.2 Å². The summed E-state index contributed by atoms with van der Waals surface area (Å²) in [7, 11) is 3.13. The first kappa shape index (κ1) is 27.1. The van der Waals surface area contributed by atoms with E-state index in [1.807, 2.05) is 37.3 Å². The first-order chi connectivity index (χ1) is 18.5. The third-order valence-electron chi connectivity index (χ3n) is 6.83. The van der Waals surface area contributed by atoms with Crippen molar-refractivity contribution in [3.63, 3.8) is 0 Å². The van der Waals surface area contributed by atoms with E-state index in [2.05, 4.69) is 20.7 Å². The van der Waals surface area contributed by atoms with Crippen LogP contribution in [0.4, 0.5) is 0 Å². The maximum Gasteiger partial charge on any atom is 0.247 e. The van der Waals surface area contributed by atoms with Crippen molar-refractivity contribution in [1.82, 2.24) is 30.4 Å². The quantitative estimate of drug-likeness (QED) is 0.388.